The van der Waals surface area contributed by atoms with Crippen molar-refractivity contribution in [2.45, 2.75) is 13.0 Å². The molecule has 2 N–H and O–H groups in total. The molecule has 0 aromatic heterocycles. The van der Waals surface area contributed by atoms with Crippen molar-refractivity contribution in [2.24, 2.45) is 0 Å². The van der Waals surface area contributed by atoms with E-state index in [1.54, 1.807) is 30.3 Å². The zero-order chi connectivity index (χ0) is 12.1. The summed E-state index contributed by atoms with van der Waals surface area (Å²) >= 11 is 0. The SMILES string of the molecule is C=Cc1ccc(C(=O)N[C@@H](C)C(=O)O)cc1. The highest BCUT2D eigenvalue weighted by atomic mass is 16.4. The molecule has 0 bridgehead atoms. The minimum atomic E-state index is -1.06. The van der Waals surface area contributed by atoms with Gasteiger partial charge in [0.05, 0.1) is 0 Å². The number of rotatable bonds is 4. The van der Waals surface area contributed by atoms with E-state index in [1.807, 2.05) is 0 Å². The first kappa shape index (κ1) is 12.0. The van der Waals surface area contributed by atoms with E-state index in [2.05, 4.69) is 11.9 Å². The van der Waals surface area contributed by atoms with Crippen LogP contribution >= 0.6 is 0 Å². The number of carbonyl (C=O) groups is 2. The van der Waals surface area contributed by atoms with E-state index in [9.17, 15) is 9.59 Å². The highest BCUT2D eigenvalue weighted by molar-refractivity contribution is 5.96. The first-order chi connectivity index (χ1) is 7.54. The number of nitrogens with one attached hydrogen (secondary N) is 1. The molecule has 1 amide bonds. The fourth-order valence-corrected chi connectivity index (χ4v) is 1.11. The largest absolute Gasteiger partial charge is 0.480 e. The standard InChI is InChI=1S/C12H13NO3/c1-3-9-4-6-10(7-5-9)11(14)13-8(2)12(15)16/h3-8H,1H2,2H3,(H,13,14)(H,15,16)/t8-/m0/s1. The topological polar surface area (TPSA) is 66.4 Å². The summed E-state index contributed by atoms with van der Waals surface area (Å²) in [7, 11) is 0. The minimum Gasteiger partial charge on any atom is -0.480 e. The van der Waals surface area contributed by atoms with E-state index >= 15 is 0 Å². The summed E-state index contributed by atoms with van der Waals surface area (Å²) in [5.74, 6) is -1.46. The molecule has 1 atom stereocenters. The molecule has 0 aliphatic carbocycles. The highest BCUT2D eigenvalue weighted by Crippen LogP contribution is 2.05. The van der Waals surface area contributed by atoms with Crippen LogP contribution in [0.15, 0.2) is 30.8 Å². The fraction of sp³-hybridized carbons (Fsp3) is 0.167. The molecular weight excluding hydrogens is 206 g/mol. The highest BCUT2D eigenvalue weighted by Gasteiger charge is 2.14. The van der Waals surface area contributed by atoms with Crippen LogP contribution in [0.1, 0.15) is 22.8 Å². The van der Waals surface area contributed by atoms with Gasteiger partial charge in [0.25, 0.3) is 5.91 Å². The predicted octanol–water partition coefficient (Wildman–Crippen LogP) is 1.53. The Hall–Kier alpha value is -2.10. The number of aliphatic carboxylic acids is 1. The Morgan fingerprint density at radius 2 is 1.94 bits per heavy atom. The molecule has 1 aromatic rings. The molecular formula is C12H13NO3. The summed E-state index contributed by atoms with van der Waals surface area (Å²) < 4.78 is 0. The van der Waals surface area contributed by atoms with Gasteiger partial charge in [-0.05, 0) is 24.6 Å². The maximum atomic E-state index is 11.6. The van der Waals surface area contributed by atoms with Crippen LogP contribution in [0.25, 0.3) is 6.08 Å². The third kappa shape index (κ3) is 2.95. The van der Waals surface area contributed by atoms with Crippen LogP contribution in [0.3, 0.4) is 0 Å². The third-order valence-corrected chi connectivity index (χ3v) is 2.13. The molecule has 0 aliphatic rings. The second kappa shape index (κ2) is 5.11. The van der Waals surface area contributed by atoms with E-state index < -0.39 is 17.9 Å². The molecule has 1 aromatic carbocycles. The lowest BCUT2D eigenvalue weighted by molar-refractivity contribution is -0.138. The molecule has 0 unspecified atom stereocenters. The maximum Gasteiger partial charge on any atom is 0.325 e. The van der Waals surface area contributed by atoms with Gasteiger partial charge in [0, 0.05) is 5.56 Å². The Morgan fingerprint density at radius 1 is 1.38 bits per heavy atom. The lowest BCUT2D eigenvalue weighted by Gasteiger charge is -2.09. The molecule has 0 saturated carbocycles. The van der Waals surface area contributed by atoms with Gasteiger partial charge in [-0.1, -0.05) is 24.8 Å². The number of amides is 1. The second-order valence-corrected chi connectivity index (χ2v) is 3.36. The van der Waals surface area contributed by atoms with Gasteiger partial charge in [-0.25, -0.2) is 0 Å². The lowest BCUT2D eigenvalue weighted by atomic mass is 10.1. The van der Waals surface area contributed by atoms with Crippen LogP contribution in [-0.2, 0) is 4.79 Å². The number of benzene rings is 1. The van der Waals surface area contributed by atoms with Crippen LogP contribution in [0.4, 0.5) is 0 Å². The Labute approximate surface area is 93.6 Å². The molecule has 0 saturated heterocycles. The Kier molecular flexibility index (Phi) is 3.83. The molecule has 4 heteroatoms. The number of carbonyl (C=O) groups excluding carboxylic acids is 1. The van der Waals surface area contributed by atoms with E-state index in [-0.39, 0.29) is 0 Å². The van der Waals surface area contributed by atoms with Gasteiger partial charge in [0.1, 0.15) is 6.04 Å². The summed E-state index contributed by atoms with van der Waals surface area (Å²) in [6, 6.07) is 5.84. The summed E-state index contributed by atoms with van der Waals surface area (Å²) in [4.78, 5) is 22.1. The molecule has 0 radical (unpaired) electrons. The van der Waals surface area contributed by atoms with E-state index in [4.69, 9.17) is 5.11 Å². The van der Waals surface area contributed by atoms with Crippen molar-refractivity contribution in [3.63, 3.8) is 0 Å². The summed E-state index contributed by atoms with van der Waals surface area (Å²) in [6.07, 6.45) is 1.67. The van der Waals surface area contributed by atoms with Crippen molar-refractivity contribution < 1.29 is 14.7 Å². The molecule has 0 fully saturated rings. The van der Waals surface area contributed by atoms with Crippen LogP contribution in [0.5, 0.6) is 0 Å². The Bertz CT molecular complexity index is 409. The molecule has 0 aliphatic heterocycles. The summed E-state index contributed by atoms with van der Waals surface area (Å²) in [6.45, 7) is 5.01. The smallest absolute Gasteiger partial charge is 0.325 e. The first-order valence-corrected chi connectivity index (χ1v) is 4.80. The van der Waals surface area contributed by atoms with E-state index in [0.717, 1.165) is 5.56 Å². The molecule has 0 spiro atoms. The van der Waals surface area contributed by atoms with Crippen molar-refractivity contribution in [3.05, 3.63) is 42.0 Å². The van der Waals surface area contributed by atoms with Crippen molar-refractivity contribution >= 4 is 18.0 Å². The third-order valence-electron chi connectivity index (χ3n) is 2.13. The first-order valence-electron chi connectivity index (χ1n) is 4.80. The number of carboxylic acids is 1. The van der Waals surface area contributed by atoms with Gasteiger partial charge in [-0.15, -0.1) is 0 Å². The molecule has 1 rings (SSSR count). The molecule has 4 nitrogen and oxygen atoms in total. The zero-order valence-corrected chi connectivity index (χ0v) is 8.93. The average molecular weight is 219 g/mol. The number of hydrogen-bond donors (Lipinski definition) is 2. The predicted molar refractivity (Wildman–Crippen MR) is 61.1 cm³/mol. The van der Waals surface area contributed by atoms with E-state index in [0.29, 0.717) is 5.56 Å². The molecule has 0 heterocycles. The summed E-state index contributed by atoms with van der Waals surface area (Å²) in [5.41, 5.74) is 1.33. The lowest BCUT2D eigenvalue weighted by Crippen LogP contribution is -2.38. The van der Waals surface area contributed by atoms with Gasteiger partial charge in [-0.2, -0.15) is 0 Å². The fourth-order valence-electron chi connectivity index (χ4n) is 1.11. The minimum absolute atomic E-state index is 0.398. The monoisotopic (exact) mass is 219 g/mol. The van der Waals surface area contributed by atoms with Gasteiger partial charge in [0.2, 0.25) is 0 Å². The van der Waals surface area contributed by atoms with Gasteiger partial charge >= 0.3 is 5.97 Å². The quantitative estimate of drug-likeness (QED) is 0.807. The van der Waals surface area contributed by atoms with Crippen LogP contribution in [-0.4, -0.2) is 23.0 Å². The van der Waals surface area contributed by atoms with Crippen molar-refractivity contribution in [2.75, 3.05) is 0 Å². The van der Waals surface area contributed by atoms with E-state index in [1.165, 1.54) is 6.92 Å². The van der Waals surface area contributed by atoms with Gasteiger partial charge in [0.15, 0.2) is 0 Å². The Balaban J connectivity index is 2.73. The second-order valence-electron chi connectivity index (χ2n) is 3.36. The number of hydrogen-bond acceptors (Lipinski definition) is 2. The van der Waals surface area contributed by atoms with Crippen molar-refractivity contribution in [1.82, 2.24) is 5.32 Å². The zero-order valence-electron chi connectivity index (χ0n) is 8.93. The number of carboxylic acid groups (broad SMARTS) is 1. The van der Waals surface area contributed by atoms with Crippen LogP contribution in [0, 0.1) is 0 Å². The maximum absolute atomic E-state index is 11.6. The van der Waals surface area contributed by atoms with Gasteiger partial charge in [-0.3, -0.25) is 9.59 Å². The summed E-state index contributed by atoms with van der Waals surface area (Å²) in [5, 5.41) is 11.0. The molecule has 84 valence electrons. The van der Waals surface area contributed by atoms with Crippen LogP contribution < -0.4 is 5.32 Å². The van der Waals surface area contributed by atoms with Crippen molar-refractivity contribution in [3.8, 4) is 0 Å². The Morgan fingerprint density at radius 3 is 2.38 bits per heavy atom. The normalized spacial score (nSPS) is 11.6. The van der Waals surface area contributed by atoms with Gasteiger partial charge < -0.3 is 10.4 Å². The average Bonchev–Trinajstić information content (AvgIpc) is 2.28. The molecule has 16 heavy (non-hydrogen) atoms. The van der Waals surface area contributed by atoms with Crippen LogP contribution in [0.2, 0.25) is 0 Å². The van der Waals surface area contributed by atoms with Crippen molar-refractivity contribution in [1.29, 1.82) is 0 Å².